The summed E-state index contributed by atoms with van der Waals surface area (Å²) in [7, 11) is 0. The molecule has 2 nitrogen and oxygen atoms in total. The predicted molar refractivity (Wildman–Crippen MR) is 80.6 cm³/mol. The van der Waals surface area contributed by atoms with Gasteiger partial charge in [-0.25, -0.2) is 0 Å². The van der Waals surface area contributed by atoms with Crippen molar-refractivity contribution in [1.29, 1.82) is 0 Å². The van der Waals surface area contributed by atoms with E-state index < -0.39 is 0 Å². The summed E-state index contributed by atoms with van der Waals surface area (Å²) < 4.78 is 0. The second kappa shape index (κ2) is 6.06. The molecular formula is C17H26N2. The van der Waals surface area contributed by atoms with Gasteiger partial charge in [-0.1, -0.05) is 37.6 Å². The molecule has 0 saturated carbocycles. The minimum Gasteiger partial charge on any atom is -0.315 e. The van der Waals surface area contributed by atoms with Crippen LogP contribution in [0.1, 0.15) is 43.2 Å². The van der Waals surface area contributed by atoms with E-state index in [0.717, 1.165) is 18.5 Å². The van der Waals surface area contributed by atoms with Gasteiger partial charge < -0.3 is 5.32 Å². The summed E-state index contributed by atoms with van der Waals surface area (Å²) in [5, 5.41) is 3.53. The molecule has 1 aromatic carbocycles. The predicted octanol–water partition coefficient (Wildman–Crippen LogP) is 2.79. The Morgan fingerprint density at radius 1 is 1.26 bits per heavy atom. The molecule has 19 heavy (non-hydrogen) atoms. The van der Waals surface area contributed by atoms with Crippen LogP contribution in [-0.2, 0) is 6.42 Å². The molecule has 0 radical (unpaired) electrons. The molecule has 1 aromatic rings. The first-order valence-electron chi connectivity index (χ1n) is 7.91. The van der Waals surface area contributed by atoms with Crippen LogP contribution in [0.5, 0.6) is 0 Å². The summed E-state index contributed by atoms with van der Waals surface area (Å²) in [4.78, 5) is 2.74. The fourth-order valence-electron chi connectivity index (χ4n) is 3.65. The maximum atomic E-state index is 3.53. The number of nitrogens with one attached hydrogen (secondary N) is 1. The van der Waals surface area contributed by atoms with Gasteiger partial charge in [-0.15, -0.1) is 0 Å². The van der Waals surface area contributed by atoms with Gasteiger partial charge in [-0.2, -0.15) is 0 Å². The molecule has 3 rings (SSSR count). The molecule has 1 aliphatic heterocycles. The summed E-state index contributed by atoms with van der Waals surface area (Å²) >= 11 is 0. The van der Waals surface area contributed by atoms with Crippen molar-refractivity contribution in [2.75, 3.05) is 26.2 Å². The molecule has 1 N–H and O–H groups in total. The average Bonchev–Trinajstić information content (AvgIpc) is 2.43. The van der Waals surface area contributed by atoms with E-state index in [1.54, 1.807) is 11.1 Å². The first-order chi connectivity index (χ1) is 9.38. The topological polar surface area (TPSA) is 15.3 Å². The summed E-state index contributed by atoms with van der Waals surface area (Å²) in [6.07, 6.45) is 5.47. The van der Waals surface area contributed by atoms with Crippen LogP contribution in [0.3, 0.4) is 0 Å². The largest absolute Gasteiger partial charge is 0.315 e. The highest BCUT2D eigenvalue weighted by Gasteiger charge is 2.30. The number of benzene rings is 1. The standard InChI is InChI=1S/C17H26N2/c1-2-18-12-16-8-5-6-10-19(16)13-15-11-14-7-3-4-9-17(14)15/h3-4,7,9,15-16,18H,2,5-6,8,10-13H2,1H3. The number of rotatable bonds is 5. The molecule has 1 heterocycles. The molecule has 104 valence electrons. The summed E-state index contributed by atoms with van der Waals surface area (Å²) in [5.41, 5.74) is 3.18. The molecule has 2 atom stereocenters. The van der Waals surface area contributed by atoms with Crippen molar-refractivity contribution in [3.63, 3.8) is 0 Å². The van der Waals surface area contributed by atoms with Crippen molar-refractivity contribution in [1.82, 2.24) is 10.2 Å². The Labute approximate surface area is 117 Å². The fourth-order valence-corrected chi connectivity index (χ4v) is 3.65. The van der Waals surface area contributed by atoms with Crippen molar-refractivity contribution in [2.24, 2.45) is 0 Å². The van der Waals surface area contributed by atoms with E-state index in [4.69, 9.17) is 0 Å². The fraction of sp³-hybridized carbons (Fsp3) is 0.647. The highest BCUT2D eigenvalue weighted by atomic mass is 15.2. The van der Waals surface area contributed by atoms with Crippen molar-refractivity contribution >= 4 is 0 Å². The minimum absolute atomic E-state index is 0.765. The van der Waals surface area contributed by atoms with Crippen molar-refractivity contribution in [3.8, 4) is 0 Å². The van der Waals surface area contributed by atoms with Gasteiger partial charge in [0, 0.05) is 25.0 Å². The van der Waals surface area contributed by atoms with E-state index in [-0.39, 0.29) is 0 Å². The van der Waals surface area contributed by atoms with E-state index >= 15 is 0 Å². The smallest absolute Gasteiger partial charge is 0.0220 e. The Bertz CT molecular complexity index is 415. The molecule has 1 saturated heterocycles. The molecule has 0 spiro atoms. The van der Waals surface area contributed by atoms with Crippen LogP contribution < -0.4 is 5.32 Å². The van der Waals surface area contributed by atoms with E-state index in [0.29, 0.717) is 0 Å². The molecule has 0 amide bonds. The molecule has 0 bridgehead atoms. The Morgan fingerprint density at radius 2 is 2.16 bits per heavy atom. The van der Waals surface area contributed by atoms with E-state index in [1.165, 1.54) is 45.3 Å². The second-order valence-corrected chi connectivity index (χ2v) is 6.05. The Morgan fingerprint density at radius 3 is 3.00 bits per heavy atom. The van der Waals surface area contributed by atoms with Crippen LogP contribution in [0.2, 0.25) is 0 Å². The molecule has 1 fully saturated rings. The lowest BCUT2D eigenvalue weighted by Gasteiger charge is -2.41. The zero-order chi connectivity index (χ0) is 13.1. The van der Waals surface area contributed by atoms with Gasteiger partial charge in [-0.3, -0.25) is 4.90 Å². The molecule has 1 aliphatic carbocycles. The Balaban J connectivity index is 1.59. The zero-order valence-electron chi connectivity index (χ0n) is 12.1. The third-order valence-electron chi connectivity index (χ3n) is 4.80. The average molecular weight is 258 g/mol. The van der Waals surface area contributed by atoms with Crippen LogP contribution in [0.4, 0.5) is 0 Å². The summed E-state index contributed by atoms with van der Waals surface area (Å²) in [6, 6.07) is 9.74. The number of likely N-dealkylation sites (N-methyl/N-ethyl adjacent to an activating group) is 1. The number of nitrogens with zero attached hydrogens (tertiary/aromatic N) is 1. The van der Waals surface area contributed by atoms with Gasteiger partial charge in [0.15, 0.2) is 0 Å². The maximum Gasteiger partial charge on any atom is 0.0220 e. The van der Waals surface area contributed by atoms with Gasteiger partial charge in [0.25, 0.3) is 0 Å². The normalized spacial score (nSPS) is 26.8. The lowest BCUT2D eigenvalue weighted by molar-refractivity contribution is 0.133. The first-order valence-corrected chi connectivity index (χ1v) is 7.91. The summed E-state index contributed by atoms with van der Waals surface area (Å²) in [6.45, 7) is 7.04. The van der Waals surface area contributed by atoms with E-state index in [2.05, 4.69) is 41.4 Å². The lowest BCUT2D eigenvalue weighted by Crippen LogP contribution is -2.48. The quantitative estimate of drug-likeness (QED) is 0.873. The number of fused-ring (bicyclic) bond motifs is 1. The van der Waals surface area contributed by atoms with Gasteiger partial charge >= 0.3 is 0 Å². The van der Waals surface area contributed by atoms with Crippen molar-refractivity contribution < 1.29 is 0 Å². The molecule has 2 heteroatoms. The minimum atomic E-state index is 0.765. The molecule has 2 unspecified atom stereocenters. The SMILES string of the molecule is CCNCC1CCCCN1CC1Cc2ccccc21. The van der Waals surface area contributed by atoms with Gasteiger partial charge in [0.05, 0.1) is 0 Å². The van der Waals surface area contributed by atoms with Gasteiger partial charge in [0.2, 0.25) is 0 Å². The van der Waals surface area contributed by atoms with Crippen molar-refractivity contribution in [2.45, 2.75) is 44.6 Å². The number of piperidine rings is 1. The number of hydrogen-bond donors (Lipinski definition) is 1. The van der Waals surface area contributed by atoms with Crippen LogP contribution in [-0.4, -0.2) is 37.1 Å². The first kappa shape index (κ1) is 13.1. The Kier molecular flexibility index (Phi) is 4.19. The number of likely N-dealkylation sites (tertiary alicyclic amines) is 1. The van der Waals surface area contributed by atoms with E-state index in [9.17, 15) is 0 Å². The third-order valence-corrected chi connectivity index (χ3v) is 4.80. The van der Waals surface area contributed by atoms with Crippen LogP contribution >= 0.6 is 0 Å². The second-order valence-electron chi connectivity index (χ2n) is 6.05. The van der Waals surface area contributed by atoms with Gasteiger partial charge in [0.1, 0.15) is 0 Å². The third kappa shape index (κ3) is 2.85. The monoisotopic (exact) mass is 258 g/mol. The Hall–Kier alpha value is -0.860. The molecule has 0 aromatic heterocycles. The van der Waals surface area contributed by atoms with Crippen LogP contribution in [0.15, 0.2) is 24.3 Å². The van der Waals surface area contributed by atoms with Crippen LogP contribution in [0.25, 0.3) is 0 Å². The maximum absolute atomic E-state index is 3.53. The highest BCUT2D eigenvalue weighted by Crippen LogP contribution is 2.36. The highest BCUT2D eigenvalue weighted by molar-refractivity contribution is 5.40. The molecule has 2 aliphatic rings. The van der Waals surface area contributed by atoms with Crippen LogP contribution in [0, 0.1) is 0 Å². The number of hydrogen-bond acceptors (Lipinski definition) is 2. The summed E-state index contributed by atoms with van der Waals surface area (Å²) in [5.74, 6) is 0.790. The molecular weight excluding hydrogens is 232 g/mol. The lowest BCUT2D eigenvalue weighted by atomic mass is 9.77. The zero-order valence-corrected chi connectivity index (χ0v) is 12.1. The van der Waals surface area contributed by atoms with Crippen molar-refractivity contribution in [3.05, 3.63) is 35.4 Å². The van der Waals surface area contributed by atoms with Gasteiger partial charge in [-0.05, 0) is 43.5 Å². The van der Waals surface area contributed by atoms with E-state index in [1.807, 2.05) is 0 Å².